The van der Waals surface area contributed by atoms with Crippen LogP contribution in [-0.4, -0.2) is 64.2 Å². The number of likely N-dealkylation sites (N-methyl/N-ethyl adjacent to an activating group) is 1. The minimum Gasteiger partial charge on any atom is -0.309 e. The van der Waals surface area contributed by atoms with Crippen LogP contribution in [0, 0.1) is 0 Å². The Hall–Kier alpha value is -1.89. The van der Waals surface area contributed by atoms with Crippen molar-refractivity contribution in [2.24, 2.45) is 0 Å². The Morgan fingerprint density at radius 2 is 2.05 bits per heavy atom. The highest BCUT2D eigenvalue weighted by Crippen LogP contribution is 2.33. The summed E-state index contributed by atoms with van der Waals surface area (Å²) in [6, 6.07) is 1.38. The first-order valence-corrected chi connectivity index (χ1v) is 7.83. The number of anilines is 1. The van der Waals surface area contributed by atoms with Gasteiger partial charge in [-0.15, -0.1) is 0 Å². The summed E-state index contributed by atoms with van der Waals surface area (Å²) in [5, 5.41) is 4.26. The molecule has 2 aliphatic rings. The van der Waals surface area contributed by atoms with Gasteiger partial charge in [0.2, 0.25) is 0 Å². The van der Waals surface area contributed by atoms with E-state index in [1.54, 1.807) is 21.8 Å². The van der Waals surface area contributed by atoms with Crippen molar-refractivity contribution in [2.75, 3.05) is 25.5 Å². The van der Waals surface area contributed by atoms with Crippen LogP contribution in [-0.2, 0) is 11.3 Å². The van der Waals surface area contributed by atoms with Crippen molar-refractivity contribution in [3.63, 3.8) is 0 Å². The molecule has 1 saturated heterocycles. The smallest absolute Gasteiger partial charge is 0.309 e. The molecule has 22 heavy (non-hydrogen) atoms. The third-order valence-electron chi connectivity index (χ3n) is 4.56. The van der Waals surface area contributed by atoms with E-state index < -0.39 is 0 Å². The fourth-order valence-corrected chi connectivity index (χ4v) is 3.01. The molecule has 0 N–H and O–H groups in total. The lowest BCUT2D eigenvalue weighted by molar-refractivity contribution is -0.119. The van der Waals surface area contributed by atoms with Gasteiger partial charge in [0.05, 0.1) is 12.7 Å². The molecular formula is C15H23N5O2. The maximum Gasteiger partial charge on any atom is 0.333 e. The third kappa shape index (κ3) is 2.39. The number of imide groups is 1. The minimum atomic E-state index is -0.380. The second kappa shape index (κ2) is 5.72. The highest BCUT2D eigenvalue weighted by atomic mass is 16.2. The number of carbonyl (C=O) groups excluding carboxylic acids is 2. The van der Waals surface area contributed by atoms with Crippen LogP contribution in [0.25, 0.3) is 0 Å². The largest absolute Gasteiger partial charge is 0.333 e. The minimum absolute atomic E-state index is 0.150. The summed E-state index contributed by atoms with van der Waals surface area (Å²) in [6.07, 6.45) is 4.77. The molecule has 1 aromatic rings. The van der Waals surface area contributed by atoms with Crippen molar-refractivity contribution in [2.45, 2.75) is 44.8 Å². The van der Waals surface area contributed by atoms with E-state index in [1.165, 1.54) is 4.90 Å². The maximum atomic E-state index is 12.7. The Morgan fingerprint density at radius 1 is 1.32 bits per heavy atom. The fraction of sp³-hybridized carbons (Fsp3) is 0.667. The van der Waals surface area contributed by atoms with E-state index in [0.717, 1.165) is 25.8 Å². The number of hydrogen-bond donors (Lipinski definition) is 0. The number of carbonyl (C=O) groups is 2. The molecule has 1 aliphatic carbocycles. The number of rotatable bonds is 5. The van der Waals surface area contributed by atoms with E-state index in [2.05, 4.69) is 5.10 Å². The van der Waals surface area contributed by atoms with Crippen molar-refractivity contribution in [3.8, 4) is 0 Å². The first kappa shape index (κ1) is 15.0. The maximum absolute atomic E-state index is 12.7. The van der Waals surface area contributed by atoms with Gasteiger partial charge in [-0.3, -0.25) is 4.79 Å². The number of amides is 3. The van der Waals surface area contributed by atoms with E-state index >= 15 is 0 Å². The molecule has 1 aromatic heterocycles. The molecule has 120 valence electrons. The molecule has 0 aromatic carbocycles. The standard InChI is InChI=1S/C15H23N5O2/c1-11-14(21)20(15(22)19(11)12-5-4-6-12)13-7-8-16-18(13)10-9-17(2)3/h7-8,11-12H,4-6,9-10H2,1-3H3. The van der Waals surface area contributed by atoms with Crippen molar-refractivity contribution in [1.82, 2.24) is 19.6 Å². The molecule has 0 spiro atoms. The predicted molar refractivity (Wildman–Crippen MR) is 82.6 cm³/mol. The van der Waals surface area contributed by atoms with Gasteiger partial charge in [0.15, 0.2) is 0 Å². The molecule has 0 bridgehead atoms. The zero-order valence-electron chi connectivity index (χ0n) is 13.4. The van der Waals surface area contributed by atoms with E-state index in [0.29, 0.717) is 12.4 Å². The van der Waals surface area contributed by atoms with E-state index in [9.17, 15) is 9.59 Å². The molecule has 1 saturated carbocycles. The van der Waals surface area contributed by atoms with Crippen molar-refractivity contribution in [1.29, 1.82) is 0 Å². The van der Waals surface area contributed by atoms with Gasteiger partial charge >= 0.3 is 6.03 Å². The van der Waals surface area contributed by atoms with Crippen LogP contribution in [0.4, 0.5) is 10.6 Å². The highest BCUT2D eigenvalue weighted by molar-refractivity contribution is 6.20. The second-order valence-electron chi connectivity index (χ2n) is 6.34. The Labute approximate surface area is 130 Å². The summed E-state index contributed by atoms with van der Waals surface area (Å²) >= 11 is 0. The average molecular weight is 305 g/mol. The molecule has 0 radical (unpaired) electrons. The van der Waals surface area contributed by atoms with Gasteiger partial charge in [-0.05, 0) is 40.3 Å². The van der Waals surface area contributed by atoms with Gasteiger partial charge in [0.25, 0.3) is 5.91 Å². The van der Waals surface area contributed by atoms with Gasteiger partial charge in [0, 0.05) is 18.7 Å². The van der Waals surface area contributed by atoms with Crippen LogP contribution in [0.5, 0.6) is 0 Å². The van der Waals surface area contributed by atoms with Crippen LogP contribution in [0.2, 0.25) is 0 Å². The molecular weight excluding hydrogens is 282 g/mol. The second-order valence-corrected chi connectivity index (χ2v) is 6.34. The first-order chi connectivity index (χ1) is 10.5. The molecule has 7 nitrogen and oxygen atoms in total. The summed E-state index contributed by atoms with van der Waals surface area (Å²) < 4.78 is 1.73. The molecule has 2 heterocycles. The van der Waals surface area contributed by atoms with Crippen molar-refractivity contribution >= 4 is 17.8 Å². The Kier molecular flexibility index (Phi) is 3.90. The summed E-state index contributed by atoms with van der Waals surface area (Å²) in [6.45, 7) is 3.26. The number of nitrogens with zero attached hydrogens (tertiary/aromatic N) is 5. The number of hydrogen-bond acceptors (Lipinski definition) is 4. The van der Waals surface area contributed by atoms with Crippen LogP contribution < -0.4 is 4.90 Å². The predicted octanol–water partition coefficient (Wildman–Crippen LogP) is 1.15. The summed E-state index contributed by atoms with van der Waals surface area (Å²) in [4.78, 5) is 30.4. The summed E-state index contributed by atoms with van der Waals surface area (Å²) in [5.74, 6) is 0.425. The lowest BCUT2D eigenvalue weighted by atomic mass is 9.91. The topological polar surface area (TPSA) is 61.7 Å². The molecule has 3 rings (SSSR count). The van der Waals surface area contributed by atoms with Crippen molar-refractivity contribution < 1.29 is 9.59 Å². The summed E-state index contributed by atoms with van der Waals surface area (Å²) in [7, 11) is 3.96. The lowest BCUT2D eigenvalue weighted by Crippen LogP contribution is -2.46. The quantitative estimate of drug-likeness (QED) is 0.766. The van der Waals surface area contributed by atoms with Gasteiger partial charge in [-0.25, -0.2) is 14.4 Å². The fourth-order valence-electron chi connectivity index (χ4n) is 3.01. The molecule has 7 heteroatoms. The number of urea groups is 1. The molecule has 2 fully saturated rings. The van der Waals surface area contributed by atoms with E-state index in [-0.39, 0.29) is 24.0 Å². The van der Waals surface area contributed by atoms with Crippen molar-refractivity contribution in [3.05, 3.63) is 12.3 Å². The zero-order valence-corrected chi connectivity index (χ0v) is 13.4. The van der Waals surface area contributed by atoms with Crippen LogP contribution in [0.15, 0.2) is 12.3 Å². The SMILES string of the molecule is CC1C(=O)N(c2ccnn2CCN(C)C)C(=O)N1C1CCC1. The van der Waals surface area contributed by atoms with E-state index in [1.807, 2.05) is 25.9 Å². The van der Waals surface area contributed by atoms with E-state index in [4.69, 9.17) is 0 Å². The Bertz CT molecular complexity index is 578. The van der Waals surface area contributed by atoms with Gasteiger partial charge < -0.3 is 9.80 Å². The molecule has 3 amide bonds. The van der Waals surface area contributed by atoms with Crippen LogP contribution in [0.3, 0.4) is 0 Å². The zero-order chi connectivity index (χ0) is 15.9. The first-order valence-electron chi connectivity index (χ1n) is 7.83. The summed E-state index contributed by atoms with van der Waals surface area (Å²) in [5.41, 5.74) is 0. The average Bonchev–Trinajstić information content (AvgIpc) is 2.94. The Balaban J connectivity index is 1.83. The molecule has 1 unspecified atom stereocenters. The van der Waals surface area contributed by atoms with Crippen LogP contribution >= 0.6 is 0 Å². The normalized spacial score (nSPS) is 22.8. The monoisotopic (exact) mass is 305 g/mol. The Morgan fingerprint density at radius 3 is 2.64 bits per heavy atom. The lowest BCUT2D eigenvalue weighted by Gasteiger charge is -2.35. The van der Waals surface area contributed by atoms with Crippen LogP contribution in [0.1, 0.15) is 26.2 Å². The highest BCUT2D eigenvalue weighted by Gasteiger charge is 2.48. The van der Waals surface area contributed by atoms with Gasteiger partial charge in [0.1, 0.15) is 11.9 Å². The van der Waals surface area contributed by atoms with Gasteiger partial charge in [-0.2, -0.15) is 5.10 Å². The third-order valence-corrected chi connectivity index (χ3v) is 4.56. The number of aromatic nitrogens is 2. The molecule has 1 atom stereocenters. The molecule has 1 aliphatic heterocycles. The van der Waals surface area contributed by atoms with Gasteiger partial charge in [-0.1, -0.05) is 0 Å².